The molecular weight excluding hydrogens is 415 g/mol. The van der Waals surface area contributed by atoms with Gasteiger partial charge in [-0.25, -0.2) is 19.9 Å². The number of anilines is 1. The van der Waals surface area contributed by atoms with Crippen molar-refractivity contribution in [2.45, 2.75) is 18.2 Å². The molecule has 2 aliphatic heterocycles. The molecule has 2 fully saturated rings. The summed E-state index contributed by atoms with van der Waals surface area (Å²) in [5.41, 5.74) is -0.881. The number of hydrogen-bond acceptors (Lipinski definition) is 7. The fourth-order valence-electron chi connectivity index (χ4n) is 4.03. The molecule has 1 unspecified atom stereocenters. The number of fused-ring (bicyclic) bond motifs is 1. The van der Waals surface area contributed by atoms with Gasteiger partial charge in [-0.2, -0.15) is 13.2 Å². The Kier molecular flexibility index (Phi) is 4.36. The van der Waals surface area contributed by atoms with E-state index in [-0.39, 0.29) is 24.0 Å². The van der Waals surface area contributed by atoms with Gasteiger partial charge in [-0.3, -0.25) is 9.20 Å². The first-order valence-electron chi connectivity index (χ1n) is 9.61. The average Bonchev–Trinajstić information content (AvgIpc) is 3.35. The number of amides is 1. The SMILES string of the molecule is CN1CC2(CCN(c3ccnc(-c4cnc5cnc(C(F)(F)F)cn45)n3)C2)OCC1=O. The zero-order chi connectivity index (χ0) is 21.8. The summed E-state index contributed by atoms with van der Waals surface area (Å²) in [6.45, 7) is 1.78. The molecule has 1 spiro atoms. The van der Waals surface area contributed by atoms with Crippen LogP contribution in [0.4, 0.5) is 19.0 Å². The van der Waals surface area contributed by atoms with Gasteiger partial charge in [0, 0.05) is 26.0 Å². The molecule has 1 amide bonds. The minimum atomic E-state index is -4.57. The topological polar surface area (TPSA) is 88.8 Å². The van der Waals surface area contributed by atoms with E-state index in [1.165, 1.54) is 10.6 Å². The highest BCUT2D eigenvalue weighted by atomic mass is 19.4. The van der Waals surface area contributed by atoms with Crippen LogP contribution in [0.5, 0.6) is 0 Å². The van der Waals surface area contributed by atoms with Crippen molar-refractivity contribution in [2.75, 3.05) is 38.2 Å². The fraction of sp³-hybridized carbons (Fsp3) is 0.421. The summed E-state index contributed by atoms with van der Waals surface area (Å²) in [4.78, 5) is 31.8. The van der Waals surface area contributed by atoms with Crippen LogP contribution in [0, 0.1) is 0 Å². The summed E-state index contributed by atoms with van der Waals surface area (Å²) >= 11 is 0. The number of ether oxygens (including phenoxy) is 1. The third-order valence-electron chi connectivity index (χ3n) is 5.65. The summed E-state index contributed by atoms with van der Waals surface area (Å²) in [5.74, 6) is 0.834. The maximum Gasteiger partial charge on any atom is 0.434 e. The summed E-state index contributed by atoms with van der Waals surface area (Å²) in [6.07, 6.45) is 1.11. The van der Waals surface area contributed by atoms with Crippen molar-refractivity contribution in [1.29, 1.82) is 0 Å². The van der Waals surface area contributed by atoms with E-state index in [1.54, 1.807) is 24.2 Å². The standard InChI is InChI=1S/C19H18F3N7O2/c1-27-10-18(31-9-16(27)30)3-5-28(11-18)14-2-4-23-17(26-14)12-6-25-15-7-24-13(8-29(12)15)19(20,21)22/h2,4,6-8H,3,5,9-11H2,1H3. The normalized spacial score (nSPS) is 22.1. The van der Waals surface area contributed by atoms with E-state index in [2.05, 4.69) is 19.9 Å². The third kappa shape index (κ3) is 3.46. The first-order chi connectivity index (χ1) is 14.7. The number of nitrogens with zero attached hydrogens (tertiary/aromatic N) is 7. The number of carbonyl (C=O) groups is 1. The van der Waals surface area contributed by atoms with Crippen LogP contribution in [0.3, 0.4) is 0 Å². The predicted molar refractivity (Wildman–Crippen MR) is 102 cm³/mol. The van der Waals surface area contributed by atoms with Crippen molar-refractivity contribution in [2.24, 2.45) is 0 Å². The van der Waals surface area contributed by atoms with E-state index >= 15 is 0 Å². The summed E-state index contributed by atoms with van der Waals surface area (Å²) in [5, 5.41) is 0. The van der Waals surface area contributed by atoms with Crippen LogP contribution in [0.1, 0.15) is 12.1 Å². The van der Waals surface area contributed by atoms with Crippen molar-refractivity contribution in [3.05, 3.63) is 36.5 Å². The molecule has 31 heavy (non-hydrogen) atoms. The smallest absolute Gasteiger partial charge is 0.361 e. The van der Waals surface area contributed by atoms with Crippen LogP contribution in [-0.4, -0.2) is 74.0 Å². The van der Waals surface area contributed by atoms with E-state index in [1.807, 2.05) is 4.90 Å². The lowest BCUT2D eigenvalue weighted by atomic mass is 10.0. The molecule has 12 heteroatoms. The second-order valence-corrected chi connectivity index (χ2v) is 7.77. The lowest BCUT2D eigenvalue weighted by Crippen LogP contribution is -2.54. The van der Waals surface area contributed by atoms with E-state index in [0.717, 1.165) is 18.8 Å². The number of likely N-dealkylation sites (N-methyl/N-ethyl adjacent to an activating group) is 1. The summed E-state index contributed by atoms with van der Waals surface area (Å²) in [6, 6.07) is 1.74. The number of rotatable bonds is 2. The number of hydrogen-bond donors (Lipinski definition) is 0. The molecule has 0 bridgehead atoms. The van der Waals surface area contributed by atoms with Gasteiger partial charge in [-0.05, 0) is 12.5 Å². The molecule has 2 saturated heterocycles. The van der Waals surface area contributed by atoms with Crippen LogP contribution >= 0.6 is 0 Å². The molecule has 9 nitrogen and oxygen atoms in total. The Labute approximate surface area is 174 Å². The monoisotopic (exact) mass is 433 g/mol. The average molecular weight is 433 g/mol. The Balaban J connectivity index is 1.45. The van der Waals surface area contributed by atoms with Crippen LogP contribution < -0.4 is 4.90 Å². The van der Waals surface area contributed by atoms with E-state index in [9.17, 15) is 18.0 Å². The molecule has 3 aromatic heterocycles. The molecule has 5 rings (SSSR count). The van der Waals surface area contributed by atoms with Crippen LogP contribution in [0.15, 0.2) is 30.9 Å². The van der Waals surface area contributed by atoms with E-state index < -0.39 is 17.5 Å². The number of morpholine rings is 1. The number of alkyl halides is 3. The Bertz CT molecular complexity index is 1160. The Morgan fingerprint density at radius 2 is 2.00 bits per heavy atom. The van der Waals surface area contributed by atoms with Gasteiger partial charge in [0.25, 0.3) is 0 Å². The van der Waals surface area contributed by atoms with Crippen LogP contribution in [0.25, 0.3) is 17.2 Å². The summed E-state index contributed by atoms with van der Waals surface area (Å²) < 4.78 is 46.4. The van der Waals surface area contributed by atoms with Gasteiger partial charge in [-0.1, -0.05) is 0 Å². The molecule has 0 N–H and O–H groups in total. The van der Waals surface area contributed by atoms with Gasteiger partial charge in [0.15, 0.2) is 17.2 Å². The summed E-state index contributed by atoms with van der Waals surface area (Å²) in [7, 11) is 1.76. The fourth-order valence-corrected chi connectivity index (χ4v) is 4.03. The molecule has 0 aliphatic carbocycles. The highest BCUT2D eigenvalue weighted by Crippen LogP contribution is 2.32. The number of halogens is 3. The van der Waals surface area contributed by atoms with Gasteiger partial charge in [-0.15, -0.1) is 0 Å². The number of aromatic nitrogens is 5. The largest absolute Gasteiger partial charge is 0.434 e. The molecular formula is C19H18F3N7O2. The van der Waals surface area contributed by atoms with Gasteiger partial charge in [0.05, 0.1) is 25.5 Å². The van der Waals surface area contributed by atoms with Crippen LogP contribution in [-0.2, 0) is 15.7 Å². The molecule has 162 valence electrons. The van der Waals surface area contributed by atoms with E-state index in [4.69, 9.17) is 4.74 Å². The van der Waals surface area contributed by atoms with Gasteiger partial charge in [0.2, 0.25) is 5.91 Å². The van der Waals surface area contributed by atoms with Gasteiger partial charge >= 0.3 is 6.18 Å². The first kappa shape index (κ1) is 19.7. The van der Waals surface area contributed by atoms with Crippen molar-refractivity contribution >= 4 is 17.4 Å². The molecule has 0 saturated carbocycles. The molecule has 1 atom stereocenters. The highest BCUT2D eigenvalue weighted by Gasteiger charge is 2.44. The molecule has 3 aromatic rings. The molecule has 5 heterocycles. The van der Waals surface area contributed by atoms with E-state index in [0.29, 0.717) is 31.1 Å². The van der Waals surface area contributed by atoms with Crippen molar-refractivity contribution in [3.8, 4) is 11.5 Å². The minimum Gasteiger partial charge on any atom is -0.361 e. The van der Waals surface area contributed by atoms with Crippen molar-refractivity contribution < 1.29 is 22.7 Å². The Morgan fingerprint density at radius 3 is 2.77 bits per heavy atom. The lowest BCUT2D eigenvalue weighted by molar-refractivity contribution is -0.158. The van der Waals surface area contributed by atoms with Gasteiger partial charge in [0.1, 0.15) is 23.7 Å². The molecule has 0 radical (unpaired) electrons. The number of carbonyl (C=O) groups excluding carboxylic acids is 1. The van der Waals surface area contributed by atoms with Crippen molar-refractivity contribution in [3.63, 3.8) is 0 Å². The maximum absolute atomic E-state index is 13.1. The second-order valence-electron chi connectivity index (χ2n) is 7.77. The zero-order valence-corrected chi connectivity index (χ0v) is 16.5. The molecule has 2 aliphatic rings. The second kappa shape index (κ2) is 6.87. The molecule has 0 aromatic carbocycles. The maximum atomic E-state index is 13.1. The highest BCUT2D eigenvalue weighted by molar-refractivity contribution is 5.78. The van der Waals surface area contributed by atoms with Crippen LogP contribution in [0.2, 0.25) is 0 Å². The third-order valence-corrected chi connectivity index (χ3v) is 5.65. The lowest BCUT2D eigenvalue weighted by Gasteiger charge is -2.38. The first-order valence-corrected chi connectivity index (χ1v) is 9.61. The zero-order valence-electron chi connectivity index (χ0n) is 16.5. The predicted octanol–water partition coefficient (Wildman–Crippen LogP) is 1.64. The van der Waals surface area contributed by atoms with Gasteiger partial charge < -0.3 is 14.5 Å². The minimum absolute atomic E-state index is 0.0475. The Morgan fingerprint density at radius 1 is 1.16 bits per heavy atom. The van der Waals surface area contributed by atoms with Crippen molar-refractivity contribution in [1.82, 2.24) is 29.2 Å². The quantitative estimate of drug-likeness (QED) is 0.607. The Hall–Kier alpha value is -3.28. The number of imidazole rings is 1.